The van der Waals surface area contributed by atoms with Crippen LogP contribution in [0.3, 0.4) is 0 Å². The predicted molar refractivity (Wildman–Crippen MR) is 53.3 cm³/mol. The molecule has 1 unspecified atom stereocenters. The van der Waals surface area contributed by atoms with Gasteiger partial charge in [0.2, 0.25) is 0 Å². The van der Waals surface area contributed by atoms with Gasteiger partial charge in [0.15, 0.2) is 0 Å². The summed E-state index contributed by atoms with van der Waals surface area (Å²) in [6.45, 7) is 1.95. The largest absolute Gasteiger partial charge is 0.303 e. The first-order chi connectivity index (χ1) is 5.49. The third kappa shape index (κ3) is 3.33. The van der Waals surface area contributed by atoms with Crippen LogP contribution < -0.4 is 5.32 Å². The first-order valence-electron chi connectivity index (χ1n) is 4.14. The molecule has 0 aromatic heterocycles. The number of hydrogen-bond acceptors (Lipinski definition) is 4. The van der Waals surface area contributed by atoms with Crippen LogP contribution in [-0.2, 0) is 9.84 Å². The highest BCUT2D eigenvalue weighted by molar-refractivity contribution is 7.91. The zero-order valence-corrected chi connectivity index (χ0v) is 8.87. The third-order valence-electron chi connectivity index (χ3n) is 2.03. The first-order valence-corrected chi connectivity index (χ1v) is 6.48. The predicted octanol–water partition coefficient (Wildman–Crippen LogP) is 0.429. The molecular formula is C7H15NO2S2. The monoisotopic (exact) mass is 209 g/mol. The van der Waals surface area contributed by atoms with Crippen molar-refractivity contribution in [2.75, 3.05) is 11.5 Å². The van der Waals surface area contributed by atoms with Crippen LogP contribution in [0.4, 0.5) is 0 Å². The molecule has 1 N–H and O–H groups in total. The van der Waals surface area contributed by atoms with Crippen molar-refractivity contribution in [3.8, 4) is 0 Å². The van der Waals surface area contributed by atoms with Gasteiger partial charge in [-0.3, -0.25) is 0 Å². The van der Waals surface area contributed by atoms with E-state index in [2.05, 4.69) is 17.9 Å². The van der Waals surface area contributed by atoms with Crippen molar-refractivity contribution in [3.63, 3.8) is 0 Å². The normalized spacial score (nSPS) is 26.8. The molecule has 0 radical (unpaired) electrons. The summed E-state index contributed by atoms with van der Waals surface area (Å²) >= 11 is 4.19. The zero-order valence-electron chi connectivity index (χ0n) is 7.16. The lowest BCUT2D eigenvalue weighted by Gasteiger charge is -2.24. The van der Waals surface area contributed by atoms with Crippen LogP contribution in [0.15, 0.2) is 0 Å². The second-order valence-corrected chi connectivity index (χ2v) is 6.35. The molecule has 1 heterocycles. The Morgan fingerprint density at radius 1 is 1.42 bits per heavy atom. The molecule has 0 spiro atoms. The molecule has 1 rings (SSSR count). The van der Waals surface area contributed by atoms with Gasteiger partial charge in [-0.15, -0.1) is 0 Å². The maximum absolute atomic E-state index is 11.0. The van der Waals surface area contributed by atoms with Gasteiger partial charge in [-0.1, -0.05) is 0 Å². The van der Waals surface area contributed by atoms with Crippen molar-refractivity contribution < 1.29 is 8.42 Å². The van der Waals surface area contributed by atoms with E-state index in [0.29, 0.717) is 17.5 Å². The van der Waals surface area contributed by atoms with E-state index in [4.69, 9.17) is 0 Å². The summed E-state index contributed by atoms with van der Waals surface area (Å²) in [4.78, 5) is 0. The first kappa shape index (κ1) is 10.3. The summed E-state index contributed by atoms with van der Waals surface area (Å²) in [6, 6.07) is 0.334. The van der Waals surface area contributed by atoms with Crippen LogP contribution in [0.1, 0.15) is 19.8 Å². The average Bonchev–Trinajstić information content (AvgIpc) is 1.93. The molecule has 3 nitrogen and oxygen atoms in total. The Morgan fingerprint density at radius 2 is 1.92 bits per heavy atom. The molecule has 0 saturated carbocycles. The molecule has 72 valence electrons. The number of thiol groups is 1. The molecule has 1 fully saturated rings. The lowest BCUT2D eigenvalue weighted by atomic mass is 10.1. The Labute approximate surface area is 79.3 Å². The average molecular weight is 209 g/mol. The summed E-state index contributed by atoms with van der Waals surface area (Å²) in [5, 5.41) is 3.37. The second kappa shape index (κ2) is 3.98. The van der Waals surface area contributed by atoms with Crippen LogP contribution in [0.2, 0.25) is 0 Å². The number of hydrogen-bond donors (Lipinski definition) is 2. The maximum atomic E-state index is 11.0. The molecule has 1 saturated heterocycles. The van der Waals surface area contributed by atoms with Crippen molar-refractivity contribution in [2.24, 2.45) is 0 Å². The Bertz CT molecular complexity index is 222. The Kier molecular flexibility index (Phi) is 3.43. The number of sulfone groups is 1. The van der Waals surface area contributed by atoms with E-state index in [9.17, 15) is 8.42 Å². The molecule has 5 heteroatoms. The summed E-state index contributed by atoms with van der Waals surface area (Å²) in [6.07, 6.45) is 1.46. The molecule has 0 aromatic rings. The zero-order chi connectivity index (χ0) is 9.19. The smallest absolute Gasteiger partial charge is 0.150 e. The lowest BCUT2D eigenvalue weighted by Crippen LogP contribution is -2.40. The van der Waals surface area contributed by atoms with Crippen molar-refractivity contribution in [1.29, 1.82) is 0 Å². The highest BCUT2D eigenvalue weighted by Gasteiger charge is 2.23. The standard InChI is InChI=1S/C7H15NO2S2/c1-6(11)8-7-2-4-12(9,10)5-3-7/h6-8,11H,2-5H2,1H3. The van der Waals surface area contributed by atoms with E-state index in [0.717, 1.165) is 12.8 Å². The minimum atomic E-state index is -2.72. The Balaban J connectivity index is 2.36. The van der Waals surface area contributed by atoms with Crippen molar-refractivity contribution in [2.45, 2.75) is 31.2 Å². The summed E-state index contributed by atoms with van der Waals surface area (Å²) in [5.74, 6) is 0.649. The molecule has 1 atom stereocenters. The molecule has 0 bridgehead atoms. The second-order valence-electron chi connectivity index (χ2n) is 3.27. The molecule has 0 amide bonds. The van der Waals surface area contributed by atoms with Gasteiger partial charge in [-0.05, 0) is 19.8 Å². The van der Waals surface area contributed by atoms with Crippen LogP contribution in [0.5, 0.6) is 0 Å². The topological polar surface area (TPSA) is 46.2 Å². The van der Waals surface area contributed by atoms with Gasteiger partial charge in [0, 0.05) is 11.4 Å². The van der Waals surface area contributed by atoms with E-state index in [1.807, 2.05) is 6.92 Å². The molecule has 1 aliphatic heterocycles. The van der Waals surface area contributed by atoms with Gasteiger partial charge in [0.05, 0.1) is 11.5 Å². The maximum Gasteiger partial charge on any atom is 0.150 e. The summed E-state index contributed by atoms with van der Waals surface area (Å²) in [5.41, 5.74) is 0. The van der Waals surface area contributed by atoms with E-state index in [1.54, 1.807) is 0 Å². The summed E-state index contributed by atoms with van der Waals surface area (Å²) in [7, 11) is -2.72. The molecule has 0 aromatic carbocycles. The van der Waals surface area contributed by atoms with Gasteiger partial charge in [0.25, 0.3) is 0 Å². The van der Waals surface area contributed by atoms with Gasteiger partial charge in [0.1, 0.15) is 9.84 Å². The van der Waals surface area contributed by atoms with E-state index in [1.165, 1.54) is 0 Å². The van der Waals surface area contributed by atoms with Gasteiger partial charge < -0.3 is 5.32 Å². The fourth-order valence-corrected chi connectivity index (χ4v) is 3.10. The van der Waals surface area contributed by atoms with Crippen molar-refractivity contribution in [1.82, 2.24) is 5.32 Å². The fourth-order valence-electron chi connectivity index (χ4n) is 1.40. The SMILES string of the molecule is CC(S)NC1CCS(=O)(=O)CC1. The van der Waals surface area contributed by atoms with Crippen molar-refractivity contribution in [3.05, 3.63) is 0 Å². The fraction of sp³-hybridized carbons (Fsp3) is 1.00. The van der Waals surface area contributed by atoms with Gasteiger partial charge in [-0.25, -0.2) is 8.42 Å². The van der Waals surface area contributed by atoms with Crippen LogP contribution >= 0.6 is 12.6 Å². The highest BCUT2D eigenvalue weighted by atomic mass is 32.2. The molecular weight excluding hydrogens is 194 g/mol. The van der Waals surface area contributed by atoms with Gasteiger partial charge in [-0.2, -0.15) is 12.6 Å². The quantitative estimate of drug-likeness (QED) is 0.512. The Morgan fingerprint density at radius 3 is 2.33 bits per heavy atom. The van der Waals surface area contributed by atoms with Gasteiger partial charge >= 0.3 is 0 Å². The third-order valence-corrected chi connectivity index (χ3v) is 3.90. The van der Waals surface area contributed by atoms with E-state index < -0.39 is 9.84 Å². The van der Waals surface area contributed by atoms with E-state index in [-0.39, 0.29) is 5.37 Å². The van der Waals surface area contributed by atoms with E-state index >= 15 is 0 Å². The molecule has 12 heavy (non-hydrogen) atoms. The van der Waals surface area contributed by atoms with Crippen LogP contribution in [0, 0.1) is 0 Å². The van der Waals surface area contributed by atoms with Crippen LogP contribution in [-0.4, -0.2) is 31.3 Å². The number of rotatable bonds is 2. The molecule has 0 aliphatic carbocycles. The highest BCUT2D eigenvalue weighted by Crippen LogP contribution is 2.12. The van der Waals surface area contributed by atoms with Crippen molar-refractivity contribution >= 4 is 22.5 Å². The number of nitrogens with one attached hydrogen (secondary N) is 1. The minimum Gasteiger partial charge on any atom is -0.303 e. The summed E-state index contributed by atoms with van der Waals surface area (Å²) < 4.78 is 22.1. The minimum absolute atomic E-state index is 0.149. The van der Waals surface area contributed by atoms with Crippen LogP contribution in [0.25, 0.3) is 0 Å². The molecule has 1 aliphatic rings. The Hall–Kier alpha value is 0.260. The lowest BCUT2D eigenvalue weighted by molar-refractivity contribution is 0.463.